The van der Waals surface area contributed by atoms with Crippen molar-refractivity contribution >= 4 is 11.6 Å². The summed E-state index contributed by atoms with van der Waals surface area (Å²) in [5.41, 5.74) is 3.05. The van der Waals surface area contributed by atoms with Crippen LogP contribution in [0.2, 0.25) is 0 Å². The number of nitrogens with one attached hydrogen (secondary N) is 2. The van der Waals surface area contributed by atoms with Gasteiger partial charge in [0.15, 0.2) is 0 Å². The molecule has 0 saturated heterocycles. The molecule has 0 saturated carbocycles. The summed E-state index contributed by atoms with van der Waals surface area (Å²) in [5.74, 6) is -0.0438. The average Bonchev–Trinajstić information content (AvgIpc) is 2.48. The second-order valence-electron chi connectivity index (χ2n) is 4.82. The van der Waals surface area contributed by atoms with Gasteiger partial charge in [-0.3, -0.25) is 9.78 Å². The van der Waals surface area contributed by atoms with Crippen LogP contribution in [0.4, 0.5) is 5.69 Å². The van der Waals surface area contributed by atoms with E-state index in [1.54, 1.807) is 12.4 Å². The van der Waals surface area contributed by atoms with Crippen molar-refractivity contribution < 1.29 is 4.79 Å². The van der Waals surface area contributed by atoms with Crippen LogP contribution in [-0.4, -0.2) is 16.9 Å². The highest BCUT2D eigenvalue weighted by Gasteiger charge is 2.12. The third-order valence-corrected chi connectivity index (χ3v) is 3.05. The highest BCUT2D eigenvalue weighted by atomic mass is 16.2. The molecule has 1 amide bonds. The van der Waals surface area contributed by atoms with Crippen molar-refractivity contribution in [3.8, 4) is 0 Å². The Labute approximate surface area is 119 Å². The van der Waals surface area contributed by atoms with Crippen LogP contribution < -0.4 is 10.6 Å². The zero-order chi connectivity index (χ0) is 14.4. The van der Waals surface area contributed by atoms with Crippen molar-refractivity contribution in [1.29, 1.82) is 0 Å². The van der Waals surface area contributed by atoms with Gasteiger partial charge in [-0.1, -0.05) is 23.8 Å². The molecule has 0 spiro atoms. The maximum atomic E-state index is 12.0. The van der Waals surface area contributed by atoms with Crippen molar-refractivity contribution in [2.24, 2.45) is 0 Å². The Morgan fingerprint density at radius 1 is 1.25 bits per heavy atom. The molecule has 4 nitrogen and oxygen atoms in total. The molecule has 1 aromatic carbocycles. The molecule has 0 aliphatic carbocycles. The Hall–Kier alpha value is -2.20. The van der Waals surface area contributed by atoms with E-state index in [0.29, 0.717) is 6.54 Å². The van der Waals surface area contributed by atoms with E-state index in [1.807, 2.05) is 50.2 Å². The fraction of sp³-hybridized carbons (Fsp3) is 0.250. The van der Waals surface area contributed by atoms with Gasteiger partial charge in [0.1, 0.15) is 0 Å². The lowest BCUT2D eigenvalue weighted by Crippen LogP contribution is -2.37. The lowest BCUT2D eigenvalue weighted by atomic mass is 10.2. The molecule has 1 unspecified atom stereocenters. The predicted octanol–water partition coefficient (Wildman–Crippen LogP) is 2.51. The summed E-state index contributed by atoms with van der Waals surface area (Å²) in [6.07, 6.45) is 3.52. The molecule has 20 heavy (non-hydrogen) atoms. The minimum absolute atomic E-state index is 0.0438. The normalized spacial score (nSPS) is 11.9. The minimum atomic E-state index is -0.267. The standard InChI is InChI=1S/C16H19N3O/c1-12-5-7-15(8-6-12)19-16(20)13(2)18-11-14-4-3-9-17-10-14/h3-10,13,18H,11H2,1-2H3,(H,19,20). The van der Waals surface area contributed by atoms with Gasteiger partial charge in [0.05, 0.1) is 6.04 Å². The number of rotatable bonds is 5. The van der Waals surface area contributed by atoms with E-state index in [4.69, 9.17) is 0 Å². The van der Waals surface area contributed by atoms with E-state index in [9.17, 15) is 4.79 Å². The van der Waals surface area contributed by atoms with Gasteiger partial charge in [-0.2, -0.15) is 0 Å². The number of anilines is 1. The van der Waals surface area contributed by atoms with Crippen LogP contribution in [0, 0.1) is 6.92 Å². The summed E-state index contributed by atoms with van der Waals surface area (Å²) in [6, 6.07) is 11.4. The number of amides is 1. The van der Waals surface area contributed by atoms with Crippen molar-refractivity contribution in [1.82, 2.24) is 10.3 Å². The number of aromatic nitrogens is 1. The number of hydrogen-bond donors (Lipinski definition) is 2. The van der Waals surface area contributed by atoms with Crippen molar-refractivity contribution in [2.45, 2.75) is 26.4 Å². The summed E-state index contributed by atoms with van der Waals surface area (Å²) < 4.78 is 0. The molecule has 1 heterocycles. The number of benzene rings is 1. The van der Waals surface area contributed by atoms with Crippen LogP contribution >= 0.6 is 0 Å². The van der Waals surface area contributed by atoms with E-state index in [-0.39, 0.29) is 11.9 Å². The average molecular weight is 269 g/mol. The Morgan fingerprint density at radius 3 is 2.65 bits per heavy atom. The monoisotopic (exact) mass is 269 g/mol. The molecular formula is C16H19N3O. The second-order valence-corrected chi connectivity index (χ2v) is 4.82. The molecule has 1 atom stereocenters. The van der Waals surface area contributed by atoms with Crippen LogP contribution in [0.25, 0.3) is 0 Å². The molecule has 0 fully saturated rings. The van der Waals surface area contributed by atoms with Gasteiger partial charge in [0.25, 0.3) is 0 Å². The quantitative estimate of drug-likeness (QED) is 0.877. The van der Waals surface area contributed by atoms with Crippen molar-refractivity contribution in [2.75, 3.05) is 5.32 Å². The van der Waals surface area contributed by atoms with Crippen LogP contribution in [0.15, 0.2) is 48.8 Å². The first-order valence-electron chi connectivity index (χ1n) is 6.65. The van der Waals surface area contributed by atoms with Gasteiger partial charge >= 0.3 is 0 Å². The van der Waals surface area contributed by atoms with Gasteiger partial charge in [0, 0.05) is 24.6 Å². The van der Waals surface area contributed by atoms with E-state index in [2.05, 4.69) is 15.6 Å². The minimum Gasteiger partial charge on any atom is -0.325 e. The van der Waals surface area contributed by atoms with E-state index >= 15 is 0 Å². The number of pyridine rings is 1. The number of hydrogen-bond acceptors (Lipinski definition) is 3. The van der Waals surface area contributed by atoms with Gasteiger partial charge in [-0.15, -0.1) is 0 Å². The van der Waals surface area contributed by atoms with Gasteiger partial charge < -0.3 is 10.6 Å². The first-order chi connectivity index (χ1) is 9.65. The highest BCUT2D eigenvalue weighted by molar-refractivity contribution is 5.94. The molecule has 0 radical (unpaired) electrons. The molecule has 1 aromatic heterocycles. The third kappa shape index (κ3) is 4.17. The smallest absolute Gasteiger partial charge is 0.241 e. The van der Waals surface area contributed by atoms with Crippen molar-refractivity contribution in [3.63, 3.8) is 0 Å². The lowest BCUT2D eigenvalue weighted by Gasteiger charge is -2.14. The van der Waals surface area contributed by atoms with E-state index in [1.165, 1.54) is 5.56 Å². The summed E-state index contributed by atoms with van der Waals surface area (Å²) >= 11 is 0. The fourth-order valence-corrected chi connectivity index (χ4v) is 1.75. The molecule has 2 N–H and O–H groups in total. The van der Waals surface area contributed by atoms with Crippen LogP contribution in [0.3, 0.4) is 0 Å². The third-order valence-electron chi connectivity index (χ3n) is 3.05. The molecule has 0 aliphatic rings. The van der Waals surface area contributed by atoms with E-state index in [0.717, 1.165) is 11.3 Å². The Balaban J connectivity index is 1.84. The molecular weight excluding hydrogens is 250 g/mol. The maximum Gasteiger partial charge on any atom is 0.241 e. The van der Waals surface area contributed by atoms with Crippen LogP contribution in [0.5, 0.6) is 0 Å². The molecule has 104 valence electrons. The second kappa shape index (κ2) is 6.82. The predicted molar refractivity (Wildman–Crippen MR) is 80.3 cm³/mol. The fourth-order valence-electron chi connectivity index (χ4n) is 1.75. The number of carbonyl (C=O) groups is 1. The lowest BCUT2D eigenvalue weighted by molar-refractivity contribution is -0.117. The summed E-state index contributed by atoms with van der Waals surface area (Å²) in [4.78, 5) is 16.1. The molecule has 0 aliphatic heterocycles. The maximum absolute atomic E-state index is 12.0. The van der Waals surface area contributed by atoms with Gasteiger partial charge in [0.2, 0.25) is 5.91 Å². The molecule has 2 aromatic rings. The first kappa shape index (κ1) is 14.2. The zero-order valence-corrected chi connectivity index (χ0v) is 11.8. The van der Waals surface area contributed by atoms with Crippen molar-refractivity contribution in [3.05, 3.63) is 59.9 Å². The van der Waals surface area contributed by atoms with Gasteiger partial charge in [-0.05, 0) is 37.6 Å². The largest absolute Gasteiger partial charge is 0.325 e. The Kier molecular flexibility index (Phi) is 4.85. The summed E-state index contributed by atoms with van der Waals surface area (Å²) in [7, 11) is 0. The molecule has 2 rings (SSSR count). The zero-order valence-electron chi connectivity index (χ0n) is 11.8. The summed E-state index contributed by atoms with van der Waals surface area (Å²) in [6.45, 7) is 4.49. The number of aryl methyl sites for hydroxylation is 1. The number of carbonyl (C=O) groups excluding carboxylic acids is 1. The first-order valence-corrected chi connectivity index (χ1v) is 6.65. The number of nitrogens with zero attached hydrogens (tertiary/aromatic N) is 1. The highest BCUT2D eigenvalue weighted by Crippen LogP contribution is 2.09. The van der Waals surface area contributed by atoms with E-state index < -0.39 is 0 Å². The Bertz CT molecular complexity index is 552. The SMILES string of the molecule is Cc1ccc(NC(=O)C(C)NCc2cccnc2)cc1. The Morgan fingerprint density at radius 2 is 2.00 bits per heavy atom. The van der Waals surface area contributed by atoms with Crippen LogP contribution in [0.1, 0.15) is 18.1 Å². The topological polar surface area (TPSA) is 54.0 Å². The molecule has 0 bridgehead atoms. The van der Waals surface area contributed by atoms with Crippen LogP contribution in [-0.2, 0) is 11.3 Å². The van der Waals surface area contributed by atoms with Gasteiger partial charge in [-0.25, -0.2) is 0 Å². The summed E-state index contributed by atoms with van der Waals surface area (Å²) in [5, 5.41) is 6.07. The molecule has 4 heteroatoms.